The lowest BCUT2D eigenvalue weighted by Crippen LogP contribution is -2.18. The van der Waals surface area contributed by atoms with E-state index < -0.39 is 11.8 Å². The van der Waals surface area contributed by atoms with Crippen LogP contribution in [0.2, 0.25) is 0 Å². The van der Waals surface area contributed by atoms with Gasteiger partial charge < -0.3 is 13.9 Å². The Balaban J connectivity index is 1.43. The Morgan fingerprint density at radius 3 is 2.73 bits per heavy atom. The van der Waals surface area contributed by atoms with Gasteiger partial charge in [-0.05, 0) is 66.8 Å². The monoisotopic (exact) mass is 443 g/mol. The number of fused-ring (bicyclic) bond motifs is 2. The Bertz CT molecular complexity index is 1330. The second kappa shape index (κ2) is 9.28. The number of carbonyl (C=O) groups is 1. The van der Waals surface area contributed by atoms with Gasteiger partial charge in [-0.15, -0.1) is 0 Å². The number of hydrogen-bond acceptors (Lipinski definition) is 5. The van der Waals surface area contributed by atoms with Crippen molar-refractivity contribution < 1.29 is 23.1 Å². The molecule has 0 radical (unpaired) electrons. The zero-order valence-corrected chi connectivity index (χ0v) is 17.9. The molecule has 5 nitrogen and oxygen atoms in total. The molecule has 5 rings (SSSR count). The van der Waals surface area contributed by atoms with Crippen LogP contribution in [0.4, 0.5) is 4.39 Å². The number of carbonyl (C=O) groups excluding carboxylic acids is 1. The van der Waals surface area contributed by atoms with E-state index in [0.717, 1.165) is 52.8 Å². The maximum Gasteiger partial charge on any atom is 0.339 e. The van der Waals surface area contributed by atoms with Crippen molar-refractivity contribution in [3.63, 3.8) is 0 Å². The minimum Gasteiger partial charge on any atom is -0.487 e. The van der Waals surface area contributed by atoms with Gasteiger partial charge in [-0.3, -0.25) is 0 Å². The van der Waals surface area contributed by atoms with Crippen LogP contribution in [0.1, 0.15) is 40.2 Å². The van der Waals surface area contributed by atoms with E-state index in [1.807, 2.05) is 42.5 Å². The number of hydrogen-bond donors (Lipinski definition) is 0. The molecule has 1 aliphatic carbocycles. The molecule has 2 aromatic heterocycles. The first-order valence-electron chi connectivity index (χ1n) is 10.9. The summed E-state index contributed by atoms with van der Waals surface area (Å²) in [7, 11) is 0. The smallest absolute Gasteiger partial charge is 0.339 e. The molecule has 0 atom stereocenters. The van der Waals surface area contributed by atoms with Crippen LogP contribution in [0, 0.1) is 5.82 Å². The number of benzene rings is 2. The Morgan fingerprint density at radius 2 is 1.88 bits per heavy atom. The Morgan fingerprint density at radius 1 is 1.03 bits per heavy atom. The van der Waals surface area contributed by atoms with Gasteiger partial charge in [0.1, 0.15) is 19.0 Å². The largest absolute Gasteiger partial charge is 0.487 e. The summed E-state index contributed by atoms with van der Waals surface area (Å²) in [4.78, 5) is 18.1. The normalized spacial score (nSPS) is 14.3. The topological polar surface area (TPSA) is 61.6 Å². The second-order valence-electron chi connectivity index (χ2n) is 7.78. The molecular weight excluding hydrogens is 421 g/mol. The van der Waals surface area contributed by atoms with Crippen molar-refractivity contribution >= 4 is 28.5 Å². The summed E-state index contributed by atoms with van der Waals surface area (Å²) in [5.41, 5.74) is 4.00. The number of para-hydroxylation sites is 2. The fourth-order valence-corrected chi connectivity index (χ4v) is 4.17. The van der Waals surface area contributed by atoms with Crippen LogP contribution in [0.5, 0.6) is 5.75 Å². The molecule has 33 heavy (non-hydrogen) atoms. The molecule has 4 aromatic rings. The minimum absolute atomic E-state index is 0.00762. The third-order valence-corrected chi connectivity index (χ3v) is 5.64. The molecular formula is C27H22FNO4. The van der Waals surface area contributed by atoms with Crippen LogP contribution in [0.3, 0.4) is 0 Å². The molecule has 2 heterocycles. The van der Waals surface area contributed by atoms with Crippen molar-refractivity contribution in [2.24, 2.45) is 0 Å². The van der Waals surface area contributed by atoms with E-state index in [2.05, 4.69) is 0 Å². The molecule has 0 amide bonds. The zero-order valence-electron chi connectivity index (χ0n) is 17.9. The maximum absolute atomic E-state index is 13.7. The fraction of sp³-hybridized carbons (Fsp3) is 0.185. The van der Waals surface area contributed by atoms with Crippen molar-refractivity contribution in [2.45, 2.75) is 19.3 Å². The predicted octanol–water partition coefficient (Wildman–Crippen LogP) is 6.08. The number of allylic oxidation sites excluding steroid dienone is 1. The van der Waals surface area contributed by atoms with E-state index in [4.69, 9.17) is 18.9 Å². The first-order valence-corrected chi connectivity index (χ1v) is 10.9. The van der Waals surface area contributed by atoms with Gasteiger partial charge in [0.2, 0.25) is 0 Å². The van der Waals surface area contributed by atoms with Gasteiger partial charge in [0.15, 0.2) is 11.6 Å². The highest BCUT2D eigenvalue weighted by atomic mass is 19.1. The van der Waals surface area contributed by atoms with Crippen LogP contribution in [-0.4, -0.2) is 24.2 Å². The summed E-state index contributed by atoms with van der Waals surface area (Å²) in [6, 6.07) is 17.5. The summed E-state index contributed by atoms with van der Waals surface area (Å²) in [6.07, 6.45) is 6.10. The van der Waals surface area contributed by atoms with Gasteiger partial charge in [0.25, 0.3) is 0 Å². The highest BCUT2D eigenvalue weighted by Gasteiger charge is 2.26. The number of ether oxygens (including phenoxy) is 2. The van der Waals surface area contributed by atoms with Gasteiger partial charge in [-0.1, -0.05) is 30.3 Å². The zero-order chi connectivity index (χ0) is 22.6. The molecule has 0 saturated carbocycles. The first kappa shape index (κ1) is 20.9. The molecule has 2 aromatic carbocycles. The van der Waals surface area contributed by atoms with Crippen LogP contribution in [-0.2, 0) is 11.2 Å². The van der Waals surface area contributed by atoms with E-state index in [0.29, 0.717) is 5.56 Å². The molecule has 166 valence electrons. The summed E-state index contributed by atoms with van der Waals surface area (Å²) in [6.45, 7) is 0.0647. The SMILES string of the molecule is O=C(OCCOc1ccccc1F)c1c2c(nc3ccccc13)C(=Cc1ccco1)CCC2. The number of aromatic nitrogens is 1. The number of rotatable bonds is 6. The lowest BCUT2D eigenvalue weighted by molar-refractivity contribution is 0.0449. The van der Waals surface area contributed by atoms with Crippen molar-refractivity contribution in [3.05, 3.63) is 95.3 Å². The van der Waals surface area contributed by atoms with Crippen LogP contribution < -0.4 is 4.74 Å². The molecule has 0 N–H and O–H groups in total. The third kappa shape index (κ3) is 4.37. The molecule has 0 unspecified atom stereocenters. The molecule has 6 heteroatoms. The quantitative estimate of drug-likeness (QED) is 0.267. The highest BCUT2D eigenvalue weighted by molar-refractivity contribution is 6.06. The number of furan rings is 1. The molecule has 0 bridgehead atoms. The number of esters is 1. The summed E-state index contributed by atoms with van der Waals surface area (Å²) >= 11 is 0. The van der Waals surface area contributed by atoms with Crippen LogP contribution >= 0.6 is 0 Å². The van der Waals surface area contributed by atoms with Gasteiger partial charge in [0.05, 0.1) is 23.0 Å². The molecule has 0 fully saturated rings. The van der Waals surface area contributed by atoms with E-state index >= 15 is 0 Å². The fourth-order valence-electron chi connectivity index (χ4n) is 4.17. The Kier molecular flexibility index (Phi) is 5.89. The van der Waals surface area contributed by atoms with Gasteiger partial charge >= 0.3 is 5.97 Å². The second-order valence-corrected chi connectivity index (χ2v) is 7.78. The molecule has 0 aliphatic heterocycles. The average Bonchev–Trinajstić information content (AvgIpc) is 3.35. The molecule has 0 spiro atoms. The minimum atomic E-state index is -0.450. The first-order chi connectivity index (χ1) is 16.2. The van der Waals surface area contributed by atoms with Crippen LogP contribution in [0.25, 0.3) is 22.6 Å². The van der Waals surface area contributed by atoms with Crippen molar-refractivity contribution in [2.75, 3.05) is 13.2 Å². The number of halogens is 1. The summed E-state index contributed by atoms with van der Waals surface area (Å²) in [5.74, 6) is 0.00496. The van der Waals surface area contributed by atoms with Crippen LogP contribution in [0.15, 0.2) is 71.3 Å². The van der Waals surface area contributed by atoms with E-state index in [1.165, 1.54) is 12.1 Å². The van der Waals surface area contributed by atoms with E-state index in [9.17, 15) is 9.18 Å². The van der Waals surface area contributed by atoms with Gasteiger partial charge in [-0.2, -0.15) is 0 Å². The standard InChI is InChI=1S/C27H22FNO4/c28-22-11-2-4-13-24(22)32-15-16-33-27(30)25-20-9-1-3-12-23(20)29-26-18(7-5-10-21(25)26)17-19-8-6-14-31-19/h1-4,6,8-9,11-14,17H,5,7,10,15-16H2. The lowest BCUT2D eigenvalue weighted by atomic mass is 9.86. The van der Waals surface area contributed by atoms with Crippen molar-refractivity contribution in [3.8, 4) is 5.75 Å². The van der Waals surface area contributed by atoms with E-state index in [1.54, 1.807) is 18.4 Å². The highest BCUT2D eigenvalue weighted by Crippen LogP contribution is 2.36. The average molecular weight is 443 g/mol. The number of nitrogens with zero attached hydrogens (tertiary/aromatic N) is 1. The van der Waals surface area contributed by atoms with Gasteiger partial charge in [-0.25, -0.2) is 14.2 Å². The lowest BCUT2D eigenvalue weighted by Gasteiger charge is -2.22. The van der Waals surface area contributed by atoms with Crippen molar-refractivity contribution in [1.82, 2.24) is 4.98 Å². The Labute approximate surface area is 190 Å². The molecule has 0 saturated heterocycles. The van der Waals surface area contributed by atoms with Gasteiger partial charge in [0, 0.05) is 5.39 Å². The Hall–Kier alpha value is -3.93. The summed E-state index contributed by atoms with van der Waals surface area (Å²) < 4.78 is 30.2. The van der Waals surface area contributed by atoms with E-state index in [-0.39, 0.29) is 19.0 Å². The summed E-state index contributed by atoms with van der Waals surface area (Å²) in [5, 5.41) is 0.760. The predicted molar refractivity (Wildman–Crippen MR) is 123 cm³/mol. The molecule has 1 aliphatic rings. The third-order valence-electron chi connectivity index (χ3n) is 5.64. The maximum atomic E-state index is 13.7. The number of pyridine rings is 1. The van der Waals surface area contributed by atoms with Crippen molar-refractivity contribution in [1.29, 1.82) is 0 Å².